The van der Waals surface area contributed by atoms with Crippen LogP contribution in [0.3, 0.4) is 0 Å². The third kappa shape index (κ3) is 3.48. The minimum Gasteiger partial charge on any atom is -0.368 e. The van der Waals surface area contributed by atoms with Crippen LogP contribution in [0.15, 0.2) is 24.3 Å². The van der Waals surface area contributed by atoms with Crippen molar-refractivity contribution in [1.82, 2.24) is 10.2 Å². The van der Waals surface area contributed by atoms with Gasteiger partial charge in [0.05, 0.1) is 12.6 Å². The lowest BCUT2D eigenvalue weighted by molar-refractivity contribution is -0.134. The Morgan fingerprint density at radius 1 is 1.12 bits per heavy atom. The van der Waals surface area contributed by atoms with Gasteiger partial charge in [-0.05, 0) is 24.3 Å². The van der Waals surface area contributed by atoms with Crippen molar-refractivity contribution in [2.45, 2.75) is 18.4 Å². The molecule has 0 aromatic heterocycles. The van der Waals surface area contributed by atoms with Crippen molar-refractivity contribution in [3.63, 3.8) is 0 Å². The molecule has 2 fully saturated rings. The quantitative estimate of drug-likeness (QED) is 0.838. The van der Waals surface area contributed by atoms with Gasteiger partial charge in [-0.1, -0.05) is 0 Å². The number of benzene rings is 1. The van der Waals surface area contributed by atoms with Gasteiger partial charge >= 0.3 is 0 Å². The summed E-state index contributed by atoms with van der Waals surface area (Å²) in [5.74, 6) is -3.53. The number of hydrogen-bond acceptors (Lipinski definition) is 4. The molecule has 2 heterocycles. The van der Waals surface area contributed by atoms with Crippen molar-refractivity contribution >= 4 is 17.5 Å². The van der Waals surface area contributed by atoms with Crippen molar-refractivity contribution in [1.29, 1.82) is 0 Å². The van der Waals surface area contributed by atoms with E-state index in [4.69, 9.17) is 5.73 Å². The van der Waals surface area contributed by atoms with Gasteiger partial charge in [0.25, 0.3) is 5.92 Å². The number of hydrogen-bond donors (Lipinski definition) is 2. The summed E-state index contributed by atoms with van der Waals surface area (Å²) in [6.45, 7) is 1.77. The van der Waals surface area contributed by atoms with Gasteiger partial charge in [0, 0.05) is 43.9 Å². The molecule has 6 nitrogen and oxygen atoms in total. The number of amides is 2. The van der Waals surface area contributed by atoms with E-state index in [-0.39, 0.29) is 5.91 Å². The van der Waals surface area contributed by atoms with Crippen molar-refractivity contribution in [3.8, 4) is 0 Å². The molecule has 2 aliphatic rings. The highest BCUT2D eigenvalue weighted by Gasteiger charge is 2.43. The molecule has 2 saturated heterocycles. The van der Waals surface area contributed by atoms with Crippen molar-refractivity contribution in [2.24, 2.45) is 5.73 Å². The van der Waals surface area contributed by atoms with E-state index in [2.05, 4.69) is 10.2 Å². The maximum atomic E-state index is 13.2. The van der Waals surface area contributed by atoms with Crippen LogP contribution in [0.4, 0.5) is 14.5 Å². The molecule has 1 aromatic carbocycles. The van der Waals surface area contributed by atoms with Gasteiger partial charge < -0.3 is 15.5 Å². The number of piperazine rings is 1. The predicted octanol–water partition coefficient (Wildman–Crippen LogP) is 0.431. The molecule has 1 unspecified atom stereocenters. The second-order valence-corrected chi connectivity index (χ2v) is 6.22. The van der Waals surface area contributed by atoms with Gasteiger partial charge in [-0.15, -0.1) is 0 Å². The summed E-state index contributed by atoms with van der Waals surface area (Å²) in [7, 11) is 0. The number of alkyl halides is 2. The number of rotatable bonds is 3. The van der Waals surface area contributed by atoms with Crippen LogP contribution in [0.2, 0.25) is 0 Å². The van der Waals surface area contributed by atoms with Crippen LogP contribution < -0.4 is 16.0 Å². The van der Waals surface area contributed by atoms with E-state index in [0.717, 1.165) is 5.69 Å². The molecule has 1 aromatic rings. The average Bonchev–Trinajstić information content (AvgIpc) is 2.94. The minimum atomic E-state index is -2.80. The monoisotopic (exact) mass is 338 g/mol. The smallest absolute Gasteiger partial charge is 0.262 e. The van der Waals surface area contributed by atoms with Gasteiger partial charge in [-0.3, -0.25) is 14.9 Å². The van der Waals surface area contributed by atoms with Gasteiger partial charge in [-0.2, -0.15) is 0 Å². The maximum Gasteiger partial charge on any atom is 0.262 e. The molecular weight excluding hydrogens is 318 g/mol. The molecule has 0 aliphatic carbocycles. The third-order valence-corrected chi connectivity index (χ3v) is 4.52. The molecule has 2 aliphatic heterocycles. The summed E-state index contributed by atoms with van der Waals surface area (Å²) in [6.07, 6.45) is -0.430. The molecule has 130 valence electrons. The van der Waals surface area contributed by atoms with E-state index < -0.39 is 30.8 Å². The predicted molar refractivity (Wildman–Crippen MR) is 85.1 cm³/mol. The SMILES string of the molecule is NC(=O)c1ccc(N2CCN(C(=O)C3CC(F)(F)CN3)CC2)cc1. The normalized spacial score (nSPS) is 23.3. The highest BCUT2D eigenvalue weighted by Crippen LogP contribution is 2.26. The molecule has 0 radical (unpaired) electrons. The zero-order chi connectivity index (χ0) is 17.3. The molecule has 8 heteroatoms. The molecule has 0 spiro atoms. The number of nitrogens with zero attached hydrogens (tertiary/aromatic N) is 2. The number of carbonyl (C=O) groups excluding carboxylic acids is 2. The lowest BCUT2D eigenvalue weighted by Crippen LogP contribution is -2.53. The Kier molecular flexibility index (Phi) is 4.40. The van der Waals surface area contributed by atoms with Crippen LogP contribution >= 0.6 is 0 Å². The van der Waals surface area contributed by atoms with E-state index >= 15 is 0 Å². The van der Waals surface area contributed by atoms with Gasteiger partial charge in [0.2, 0.25) is 11.8 Å². The first-order valence-corrected chi connectivity index (χ1v) is 7.90. The van der Waals surface area contributed by atoms with E-state index in [1.165, 1.54) is 0 Å². The summed E-state index contributed by atoms with van der Waals surface area (Å²) in [4.78, 5) is 27.1. The summed E-state index contributed by atoms with van der Waals surface area (Å²) < 4.78 is 26.4. The van der Waals surface area contributed by atoms with Crippen LogP contribution in [-0.2, 0) is 4.79 Å². The van der Waals surface area contributed by atoms with Gasteiger partial charge in [-0.25, -0.2) is 8.78 Å². The fourth-order valence-electron chi connectivity index (χ4n) is 3.13. The number of nitrogens with two attached hydrogens (primary N) is 1. The largest absolute Gasteiger partial charge is 0.368 e. The molecule has 3 N–H and O–H groups in total. The molecule has 2 amide bonds. The molecule has 24 heavy (non-hydrogen) atoms. The Bertz CT molecular complexity index is 627. The number of nitrogens with one attached hydrogen (secondary N) is 1. The molecular formula is C16H20F2N4O2. The zero-order valence-electron chi connectivity index (χ0n) is 13.2. The lowest BCUT2D eigenvalue weighted by atomic mass is 10.1. The third-order valence-electron chi connectivity index (χ3n) is 4.52. The van der Waals surface area contributed by atoms with E-state index in [1.807, 2.05) is 12.1 Å². The molecule has 1 atom stereocenters. The molecule has 0 saturated carbocycles. The fourth-order valence-corrected chi connectivity index (χ4v) is 3.13. The standard InChI is InChI=1S/C16H20F2N4O2/c17-16(18)9-13(20-10-16)15(24)22-7-5-21(6-8-22)12-3-1-11(2-4-12)14(19)23/h1-4,13,20H,5-10H2,(H2,19,23). The minimum absolute atomic E-state index is 0.254. The average molecular weight is 338 g/mol. The summed E-state index contributed by atoms with van der Waals surface area (Å²) in [5, 5.41) is 2.61. The van der Waals surface area contributed by atoms with Crippen LogP contribution in [0.5, 0.6) is 0 Å². The first-order valence-electron chi connectivity index (χ1n) is 7.90. The molecule has 0 bridgehead atoms. The van der Waals surface area contributed by atoms with Crippen LogP contribution in [0.1, 0.15) is 16.8 Å². The van der Waals surface area contributed by atoms with Gasteiger partial charge in [0.15, 0.2) is 0 Å². The topological polar surface area (TPSA) is 78.7 Å². The highest BCUT2D eigenvalue weighted by molar-refractivity contribution is 5.93. The Morgan fingerprint density at radius 3 is 2.25 bits per heavy atom. The van der Waals surface area contributed by atoms with Crippen LogP contribution in [0.25, 0.3) is 0 Å². The molecule has 3 rings (SSSR count). The first kappa shape index (κ1) is 16.6. The van der Waals surface area contributed by atoms with Crippen LogP contribution in [-0.4, -0.2) is 61.4 Å². The Labute approximate surface area is 138 Å². The number of anilines is 1. The van der Waals surface area contributed by atoms with Gasteiger partial charge in [0.1, 0.15) is 0 Å². The van der Waals surface area contributed by atoms with Crippen molar-refractivity contribution in [3.05, 3.63) is 29.8 Å². The first-order chi connectivity index (χ1) is 11.4. The van der Waals surface area contributed by atoms with Crippen molar-refractivity contribution < 1.29 is 18.4 Å². The number of primary amides is 1. The number of halogens is 2. The Balaban J connectivity index is 1.56. The second kappa shape index (κ2) is 6.35. The number of carbonyl (C=O) groups is 2. The van der Waals surface area contributed by atoms with Crippen LogP contribution in [0, 0.1) is 0 Å². The van der Waals surface area contributed by atoms with Crippen molar-refractivity contribution in [2.75, 3.05) is 37.6 Å². The Hall–Kier alpha value is -2.22. The van der Waals surface area contributed by atoms with E-state index in [0.29, 0.717) is 31.7 Å². The zero-order valence-corrected chi connectivity index (χ0v) is 13.2. The maximum absolute atomic E-state index is 13.2. The summed E-state index contributed by atoms with van der Waals surface area (Å²) in [6, 6.07) is 6.17. The van der Waals surface area contributed by atoms with E-state index in [1.54, 1.807) is 17.0 Å². The lowest BCUT2D eigenvalue weighted by Gasteiger charge is -2.37. The second-order valence-electron chi connectivity index (χ2n) is 6.22. The highest BCUT2D eigenvalue weighted by atomic mass is 19.3. The fraction of sp³-hybridized carbons (Fsp3) is 0.500. The summed E-state index contributed by atoms with van der Waals surface area (Å²) in [5.41, 5.74) is 6.60. The summed E-state index contributed by atoms with van der Waals surface area (Å²) >= 11 is 0. The van der Waals surface area contributed by atoms with E-state index in [9.17, 15) is 18.4 Å². The Morgan fingerprint density at radius 2 is 1.75 bits per heavy atom.